The highest BCUT2D eigenvalue weighted by Crippen LogP contribution is 2.17. The minimum Gasteiger partial charge on any atom is -0.505 e. The van der Waals surface area contributed by atoms with E-state index in [1.54, 1.807) is 0 Å². The molecule has 1 aromatic heterocycles. The molecule has 0 unspecified atom stereocenters. The lowest BCUT2D eigenvalue weighted by atomic mass is 10.5. The molecule has 0 saturated carbocycles. The fourth-order valence-corrected chi connectivity index (χ4v) is 0.456. The Hall–Kier alpha value is -0.570. The van der Waals surface area contributed by atoms with Crippen LogP contribution in [0.2, 0.25) is 0 Å². The van der Waals surface area contributed by atoms with E-state index in [-0.39, 0.29) is 22.9 Å². The molecule has 1 aromatic rings. The number of aromatic nitrogens is 1. The highest BCUT2D eigenvalue weighted by atomic mass is 79.9. The Morgan fingerprint density at radius 3 is 3.38 bits per heavy atom. The van der Waals surface area contributed by atoms with Gasteiger partial charge >= 0.3 is 0 Å². The van der Waals surface area contributed by atoms with Gasteiger partial charge in [-0.2, -0.15) is 0 Å². The molecule has 1 heterocycles. The van der Waals surface area contributed by atoms with Crippen molar-refractivity contribution in [1.29, 1.82) is 0 Å². The van der Waals surface area contributed by atoms with Crippen LogP contribution >= 0.6 is 15.9 Å². The van der Waals surface area contributed by atoms with E-state index in [1.165, 1.54) is 0 Å². The Morgan fingerprint density at radius 1 is 1.88 bits per heavy atom. The Kier molecular flexibility index (Phi) is 0.753. The molecule has 8 heavy (non-hydrogen) atoms. The number of nitrogens with zero attached hydrogens (tertiary/aromatic N) is 1. The van der Waals surface area contributed by atoms with Crippen molar-refractivity contribution < 1.29 is 9.22 Å². The van der Waals surface area contributed by atoms with E-state index in [4.69, 9.17) is 9.22 Å². The first-order chi connectivity index (χ1) is 5.04. The molecule has 0 aromatic carbocycles. The number of rotatable bonds is 0. The molecule has 3 heteroatoms. The van der Waals surface area contributed by atoms with Crippen molar-refractivity contribution in [2.45, 2.75) is 0 Å². The summed E-state index contributed by atoms with van der Waals surface area (Å²) < 4.78 is 21.2. The van der Waals surface area contributed by atoms with Gasteiger partial charge < -0.3 is 5.11 Å². The van der Waals surface area contributed by atoms with E-state index in [9.17, 15) is 0 Å². The second-order valence-corrected chi connectivity index (χ2v) is 1.86. The van der Waals surface area contributed by atoms with E-state index < -0.39 is 5.75 Å². The quantitative estimate of drug-likeness (QED) is 0.609. The summed E-state index contributed by atoms with van der Waals surface area (Å²) in [6, 6.07) is -0.748. The molecule has 2 nitrogen and oxygen atoms in total. The summed E-state index contributed by atoms with van der Waals surface area (Å²) in [6.07, 6.45) is -0.320. The summed E-state index contributed by atoms with van der Waals surface area (Å²) in [6.45, 7) is 0. The van der Waals surface area contributed by atoms with Crippen LogP contribution in [0.5, 0.6) is 5.75 Å². The second-order valence-electron chi connectivity index (χ2n) is 1.11. The van der Waals surface area contributed by atoms with Crippen LogP contribution in [-0.2, 0) is 0 Å². The third-order valence-corrected chi connectivity index (χ3v) is 1.14. The van der Waals surface area contributed by atoms with Gasteiger partial charge in [-0.3, -0.25) is 0 Å². The summed E-state index contributed by atoms with van der Waals surface area (Å²) in [4.78, 5) is 3.46. The van der Waals surface area contributed by atoms with Gasteiger partial charge in [-0.25, -0.2) is 4.98 Å². The number of hydrogen-bond donors (Lipinski definition) is 1. The molecule has 0 fully saturated rings. The number of aromatic hydroxyl groups is 1. The third kappa shape index (κ3) is 0.980. The smallest absolute Gasteiger partial charge is 0.148 e. The van der Waals surface area contributed by atoms with Crippen LogP contribution in [-0.4, -0.2) is 10.1 Å². The molecule has 0 spiro atoms. The molecule has 0 aliphatic carbocycles. The van der Waals surface area contributed by atoms with E-state index >= 15 is 0 Å². The van der Waals surface area contributed by atoms with Gasteiger partial charge in [0.05, 0.1) is 4.11 Å². The standard InChI is InChI=1S/C5H4BrNO/c6-5-4(8)2-1-3-7-5/h1-3,8H/i1D,2D,3D. The van der Waals surface area contributed by atoms with Crippen molar-refractivity contribution in [2.75, 3.05) is 0 Å². The van der Waals surface area contributed by atoms with Crippen LogP contribution in [0.4, 0.5) is 0 Å². The lowest BCUT2D eigenvalue weighted by molar-refractivity contribution is 0.468. The first-order valence-electron chi connectivity index (χ1n) is 3.36. The molecule has 1 N–H and O–H groups in total. The van der Waals surface area contributed by atoms with Gasteiger partial charge in [0.1, 0.15) is 10.4 Å². The molecule has 0 aliphatic heterocycles. The molecule has 0 amide bonds. The van der Waals surface area contributed by atoms with Crippen LogP contribution in [0.1, 0.15) is 4.11 Å². The Morgan fingerprint density at radius 2 is 2.62 bits per heavy atom. The minimum absolute atomic E-state index is 0.0310. The van der Waals surface area contributed by atoms with Gasteiger partial charge in [0.15, 0.2) is 0 Å². The fourth-order valence-electron chi connectivity index (χ4n) is 0.269. The van der Waals surface area contributed by atoms with Gasteiger partial charge in [0.2, 0.25) is 0 Å². The molecule has 0 saturated heterocycles. The molecule has 1 rings (SSSR count). The topological polar surface area (TPSA) is 33.1 Å². The van der Waals surface area contributed by atoms with Gasteiger partial charge in [0.25, 0.3) is 0 Å². The molecular formula is C5H4BrNO. The van der Waals surface area contributed by atoms with E-state index in [0.29, 0.717) is 0 Å². The van der Waals surface area contributed by atoms with Gasteiger partial charge in [-0.1, -0.05) is 0 Å². The molecule has 0 atom stereocenters. The molecule has 0 bridgehead atoms. The zero-order valence-electron chi connectivity index (χ0n) is 6.77. The third-order valence-electron chi connectivity index (χ3n) is 0.586. The van der Waals surface area contributed by atoms with Crippen LogP contribution in [0.15, 0.2) is 22.9 Å². The predicted molar refractivity (Wildman–Crippen MR) is 33.6 cm³/mol. The first-order valence-corrected chi connectivity index (χ1v) is 2.65. The maximum Gasteiger partial charge on any atom is 0.148 e. The Bertz CT molecular complexity index is 278. The van der Waals surface area contributed by atoms with Gasteiger partial charge in [0, 0.05) is 6.17 Å². The average Bonchev–Trinajstić information content (AvgIpc) is 1.97. The second kappa shape index (κ2) is 2.13. The highest BCUT2D eigenvalue weighted by Gasteiger charge is 1.91. The summed E-state index contributed by atoms with van der Waals surface area (Å²) >= 11 is 2.85. The van der Waals surface area contributed by atoms with Crippen molar-refractivity contribution in [3.63, 3.8) is 0 Å². The molecule has 0 radical (unpaired) electrons. The van der Waals surface area contributed by atoms with Crippen molar-refractivity contribution in [3.8, 4) is 5.75 Å². The van der Waals surface area contributed by atoms with Crippen molar-refractivity contribution >= 4 is 15.9 Å². The van der Waals surface area contributed by atoms with E-state index in [1.807, 2.05) is 0 Å². The van der Waals surface area contributed by atoms with Crippen LogP contribution in [0, 0.1) is 0 Å². The summed E-state index contributed by atoms with van der Waals surface area (Å²) in [5.74, 6) is -0.397. The zero-order valence-corrected chi connectivity index (χ0v) is 5.36. The molecule has 42 valence electrons. The highest BCUT2D eigenvalue weighted by molar-refractivity contribution is 9.10. The average molecular weight is 177 g/mol. The lowest BCUT2D eigenvalue weighted by Crippen LogP contribution is -1.71. The maximum atomic E-state index is 9.01. The van der Waals surface area contributed by atoms with Gasteiger partial charge in [-0.05, 0) is 28.0 Å². The zero-order chi connectivity index (χ0) is 8.59. The minimum atomic E-state index is -0.397. The van der Waals surface area contributed by atoms with Crippen LogP contribution < -0.4 is 0 Å². The molecular weight excluding hydrogens is 170 g/mol. The largest absolute Gasteiger partial charge is 0.505 e. The fraction of sp³-hybridized carbons (Fsp3) is 0. The lowest BCUT2D eigenvalue weighted by Gasteiger charge is -1.89. The number of pyridine rings is 1. The molecule has 0 aliphatic rings. The van der Waals surface area contributed by atoms with Gasteiger partial charge in [-0.15, -0.1) is 0 Å². The SMILES string of the molecule is [2H]c1nc(Br)c(O)c([2H])c1[2H]. The summed E-state index contributed by atoms with van der Waals surface area (Å²) in [7, 11) is 0. The van der Waals surface area contributed by atoms with E-state index in [2.05, 4.69) is 20.9 Å². The normalized spacial score (nSPS) is 14.4. The van der Waals surface area contributed by atoms with Crippen LogP contribution in [0.25, 0.3) is 0 Å². The Labute approximate surface area is 59.5 Å². The first kappa shape index (κ1) is 2.82. The summed E-state index contributed by atoms with van der Waals surface area (Å²) in [5, 5.41) is 9.01. The van der Waals surface area contributed by atoms with Crippen molar-refractivity contribution in [1.82, 2.24) is 4.98 Å². The predicted octanol–water partition coefficient (Wildman–Crippen LogP) is 1.55. The van der Waals surface area contributed by atoms with Crippen LogP contribution in [0.3, 0.4) is 0 Å². The number of halogens is 1. The van der Waals surface area contributed by atoms with E-state index in [0.717, 1.165) is 0 Å². The van der Waals surface area contributed by atoms with Crippen molar-refractivity contribution in [3.05, 3.63) is 22.9 Å². The van der Waals surface area contributed by atoms with Crippen molar-refractivity contribution in [2.24, 2.45) is 0 Å². The monoisotopic (exact) mass is 176 g/mol. The summed E-state index contributed by atoms with van der Waals surface area (Å²) in [5.41, 5.74) is 0. The number of hydrogen-bond acceptors (Lipinski definition) is 2. The maximum absolute atomic E-state index is 9.01. The Balaban J connectivity index is 3.46.